The van der Waals surface area contributed by atoms with Crippen LogP contribution in [0.15, 0.2) is 72.0 Å². The van der Waals surface area contributed by atoms with Crippen molar-refractivity contribution in [1.82, 2.24) is 29.5 Å². The van der Waals surface area contributed by atoms with Crippen molar-refractivity contribution in [1.29, 1.82) is 0 Å². The van der Waals surface area contributed by atoms with Crippen molar-refractivity contribution in [2.24, 2.45) is 0 Å². The highest BCUT2D eigenvalue weighted by molar-refractivity contribution is 7.98. The number of pyridine rings is 1. The molecule has 0 amide bonds. The van der Waals surface area contributed by atoms with E-state index in [0.29, 0.717) is 6.54 Å². The van der Waals surface area contributed by atoms with Crippen LogP contribution in [0.5, 0.6) is 0 Å². The fraction of sp³-hybridized carbons (Fsp3) is 0.100. The van der Waals surface area contributed by atoms with E-state index in [2.05, 4.69) is 44.1 Å². The van der Waals surface area contributed by atoms with E-state index in [1.165, 1.54) is 0 Å². The molecule has 0 N–H and O–H groups in total. The van der Waals surface area contributed by atoms with Gasteiger partial charge >= 0.3 is 0 Å². The lowest BCUT2D eigenvalue weighted by Crippen LogP contribution is -2.09. The van der Waals surface area contributed by atoms with Crippen LogP contribution in [0.25, 0.3) is 27.6 Å². The first-order valence-corrected chi connectivity index (χ1v) is 9.81. The maximum Gasteiger partial charge on any atom is 0.195 e. The largest absolute Gasteiger partial charge is 0.272 e. The van der Waals surface area contributed by atoms with E-state index in [-0.39, 0.29) is 0 Å². The maximum atomic E-state index is 4.80. The summed E-state index contributed by atoms with van der Waals surface area (Å²) in [6.45, 7) is 0.497. The Bertz CT molecular complexity index is 1240. The summed E-state index contributed by atoms with van der Waals surface area (Å²) < 4.78 is 3.95. The van der Waals surface area contributed by atoms with Crippen molar-refractivity contribution in [2.45, 2.75) is 11.7 Å². The highest BCUT2D eigenvalue weighted by Gasteiger charge is 2.15. The Morgan fingerprint density at radius 2 is 1.74 bits per heavy atom. The van der Waals surface area contributed by atoms with Crippen LogP contribution in [-0.4, -0.2) is 35.8 Å². The van der Waals surface area contributed by atoms with Crippen LogP contribution in [0, 0.1) is 0 Å². The summed E-state index contributed by atoms with van der Waals surface area (Å²) in [6.07, 6.45) is 3.86. The Hall–Kier alpha value is -3.19. The highest BCUT2D eigenvalue weighted by atomic mass is 32.2. The zero-order valence-corrected chi connectivity index (χ0v) is 15.5. The summed E-state index contributed by atoms with van der Waals surface area (Å²) >= 11 is 1.57. The summed E-state index contributed by atoms with van der Waals surface area (Å²) in [4.78, 5) is 4.80. The second-order valence-corrected chi connectivity index (χ2v) is 6.94. The van der Waals surface area contributed by atoms with Crippen LogP contribution >= 0.6 is 11.8 Å². The molecule has 0 fully saturated rings. The molecule has 0 bridgehead atoms. The van der Waals surface area contributed by atoms with Gasteiger partial charge in [0, 0.05) is 16.5 Å². The van der Waals surface area contributed by atoms with Gasteiger partial charge in [-0.1, -0.05) is 48.2 Å². The first kappa shape index (κ1) is 16.0. The third kappa shape index (κ3) is 2.76. The zero-order chi connectivity index (χ0) is 18.2. The van der Waals surface area contributed by atoms with Gasteiger partial charge in [0.2, 0.25) is 0 Å². The molecule has 132 valence electrons. The number of aromatic nitrogens is 6. The molecular formula is C20H16N6S. The second-order valence-electron chi connectivity index (χ2n) is 6.17. The summed E-state index contributed by atoms with van der Waals surface area (Å²) in [5.74, 6) is 0.825. The predicted octanol–water partition coefficient (Wildman–Crippen LogP) is 3.94. The van der Waals surface area contributed by atoms with E-state index in [4.69, 9.17) is 4.98 Å². The number of fused-ring (bicyclic) bond motifs is 2. The number of hydrogen-bond acceptors (Lipinski definition) is 5. The van der Waals surface area contributed by atoms with Crippen molar-refractivity contribution in [3.63, 3.8) is 0 Å². The summed E-state index contributed by atoms with van der Waals surface area (Å²) in [7, 11) is 0. The van der Waals surface area contributed by atoms with Crippen LogP contribution in [0.3, 0.4) is 0 Å². The van der Waals surface area contributed by atoms with E-state index in [9.17, 15) is 0 Å². The van der Waals surface area contributed by atoms with Crippen molar-refractivity contribution in [3.8, 4) is 5.69 Å². The smallest absolute Gasteiger partial charge is 0.195 e. The van der Waals surface area contributed by atoms with E-state index in [1.54, 1.807) is 11.8 Å². The van der Waals surface area contributed by atoms with Crippen LogP contribution in [-0.2, 0) is 6.54 Å². The van der Waals surface area contributed by atoms with E-state index in [1.807, 2.05) is 53.5 Å². The fourth-order valence-corrected chi connectivity index (χ4v) is 3.75. The lowest BCUT2D eigenvalue weighted by Gasteiger charge is -2.09. The molecule has 2 aromatic carbocycles. The van der Waals surface area contributed by atoms with Crippen LogP contribution in [0.1, 0.15) is 5.82 Å². The summed E-state index contributed by atoms with van der Waals surface area (Å²) in [6, 6.07) is 20.4. The topological polar surface area (TPSA) is 61.4 Å². The molecular weight excluding hydrogens is 356 g/mol. The van der Waals surface area contributed by atoms with Gasteiger partial charge in [-0.15, -0.1) is 10.2 Å². The van der Waals surface area contributed by atoms with Crippen molar-refractivity contribution >= 4 is 33.7 Å². The predicted molar refractivity (Wildman–Crippen MR) is 107 cm³/mol. The molecule has 6 nitrogen and oxygen atoms in total. The molecule has 3 heterocycles. The molecule has 0 atom stereocenters. The molecule has 0 aliphatic heterocycles. The van der Waals surface area contributed by atoms with Gasteiger partial charge in [0.15, 0.2) is 16.6 Å². The van der Waals surface area contributed by atoms with Gasteiger partial charge in [-0.05, 0) is 30.5 Å². The fourth-order valence-electron chi connectivity index (χ4n) is 3.23. The molecule has 0 radical (unpaired) electrons. The number of hydrogen-bond donors (Lipinski definition) is 0. The summed E-state index contributed by atoms with van der Waals surface area (Å²) in [5.41, 5.74) is 2.85. The molecule has 7 heteroatoms. The van der Waals surface area contributed by atoms with Crippen molar-refractivity contribution in [3.05, 3.63) is 72.7 Å². The minimum Gasteiger partial charge on any atom is -0.272 e. The molecule has 3 aromatic heterocycles. The second kappa shape index (κ2) is 6.51. The first-order chi connectivity index (χ1) is 13.3. The molecule has 0 aliphatic carbocycles. The van der Waals surface area contributed by atoms with Gasteiger partial charge in [-0.25, -0.2) is 9.67 Å². The SMILES string of the molecule is CSc1nnc(Cn2ncc3cc4ccccc4nc32)n1-c1ccccc1. The van der Waals surface area contributed by atoms with Gasteiger partial charge in [0.1, 0.15) is 6.54 Å². The standard InChI is InChI=1S/C20H16N6S/c1-27-20-24-23-18(26(20)16-8-3-2-4-9-16)13-25-19-15(12-21-25)11-14-7-5-6-10-17(14)22-19/h2-12H,13H2,1H3. The average Bonchev–Trinajstić information content (AvgIpc) is 3.31. The Labute approximate surface area is 159 Å². The molecule has 0 aliphatic rings. The first-order valence-electron chi connectivity index (χ1n) is 8.58. The van der Waals surface area contributed by atoms with Crippen molar-refractivity contribution < 1.29 is 0 Å². The maximum absolute atomic E-state index is 4.80. The van der Waals surface area contributed by atoms with Crippen molar-refractivity contribution in [2.75, 3.05) is 6.26 Å². The Morgan fingerprint density at radius 3 is 2.59 bits per heavy atom. The van der Waals surface area contributed by atoms with E-state index in [0.717, 1.165) is 38.6 Å². The number of thioether (sulfide) groups is 1. The van der Waals surface area contributed by atoms with Gasteiger partial charge < -0.3 is 0 Å². The number of nitrogens with zero attached hydrogens (tertiary/aromatic N) is 6. The minimum absolute atomic E-state index is 0.497. The quantitative estimate of drug-likeness (QED) is 0.447. The monoisotopic (exact) mass is 372 g/mol. The normalized spacial score (nSPS) is 11.4. The zero-order valence-electron chi connectivity index (χ0n) is 14.6. The molecule has 27 heavy (non-hydrogen) atoms. The molecule has 5 rings (SSSR count). The third-order valence-corrected chi connectivity index (χ3v) is 5.13. The Morgan fingerprint density at radius 1 is 0.926 bits per heavy atom. The average molecular weight is 372 g/mol. The van der Waals surface area contributed by atoms with Gasteiger partial charge in [-0.3, -0.25) is 4.57 Å². The van der Waals surface area contributed by atoms with Crippen LogP contribution in [0.2, 0.25) is 0 Å². The lowest BCUT2D eigenvalue weighted by atomic mass is 10.2. The highest BCUT2D eigenvalue weighted by Crippen LogP contribution is 2.23. The van der Waals surface area contributed by atoms with Gasteiger partial charge in [0.05, 0.1) is 11.7 Å². The Balaban J connectivity index is 1.62. The molecule has 0 spiro atoms. The van der Waals surface area contributed by atoms with Gasteiger partial charge in [0.25, 0.3) is 0 Å². The Kier molecular flexibility index (Phi) is 3.86. The molecule has 0 saturated heterocycles. The molecule has 0 saturated carbocycles. The summed E-state index contributed by atoms with van der Waals surface area (Å²) in [5, 5.41) is 16.3. The minimum atomic E-state index is 0.497. The number of benzene rings is 2. The van der Waals surface area contributed by atoms with Crippen LogP contribution in [0.4, 0.5) is 0 Å². The third-order valence-electron chi connectivity index (χ3n) is 4.50. The molecule has 5 aromatic rings. The molecule has 0 unspecified atom stereocenters. The number of rotatable bonds is 4. The lowest BCUT2D eigenvalue weighted by molar-refractivity contribution is 0.655. The van der Waals surface area contributed by atoms with E-state index >= 15 is 0 Å². The van der Waals surface area contributed by atoms with E-state index < -0.39 is 0 Å². The number of para-hydroxylation sites is 2. The van der Waals surface area contributed by atoms with Gasteiger partial charge in [-0.2, -0.15) is 5.10 Å². The van der Waals surface area contributed by atoms with Crippen LogP contribution < -0.4 is 0 Å².